The Morgan fingerprint density at radius 3 is 2.59 bits per heavy atom. The Balaban J connectivity index is 2.01. The van der Waals surface area contributed by atoms with Gasteiger partial charge in [0.15, 0.2) is 0 Å². The standard InChI is InChI=1S/C18H14F3N5O/c1-10-8-14(27)17-16(23-10)15(24-25(17)2)12-5-4-11(26-7-3-6-22-26)9-13(12)18(19,20)21/h3-9H,1-2H3,(H,23,27). The molecule has 1 N–H and O–H groups in total. The number of benzene rings is 1. The Bertz CT molecular complexity index is 1150. The van der Waals surface area contributed by atoms with Crippen LogP contribution in [0.15, 0.2) is 42.7 Å². The summed E-state index contributed by atoms with van der Waals surface area (Å²) in [6.45, 7) is 1.65. The van der Waals surface area contributed by atoms with Crippen molar-refractivity contribution >= 4 is 11.0 Å². The van der Waals surface area contributed by atoms with Gasteiger partial charge in [-0.15, -0.1) is 0 Å². The zero-order valence-electron chi connectivity index (χ0n) is 14.4. The second kappa shape index (κ2) is 5.83. The molecule has 0 saturated heterocycles. The van der Waals surface area contributed by atoms with E-state index in [1.165, 1.54) is 33.8 Å². The van der Waals surface area contributed by atoms with Crippen molar-refractivity contribution in [2.45, 2.75) is 13.1 Å². The van der Waals surface area contributed by atoms with Gasteiger partial charge in [-0.25, -0.2) is 9.67 Å². The molecule has 27 heavy (non-hydrogen) atoms. The van der Waals surface area contributed by atoms with E-state index >= 15 is 0 Å². The molecule has 3 aromatic heterocycles. The SMILES string of the molecule is Cc1cc(O)c2c(n1)c(-c1ccc(-n3cccn3)cc1C(F)(F)F)nn2C. The van der Waals surface area contributed by atoms with Gasteiger partial charge < -0.3 is 5.11 Å². The summed E-state index contributed by atoms with van der Waals surface area (Å²) in [6, 6.07) is 6.98. The minimum Gasteiger partial charge on any atom is -0.506 e. The Kier molecular flexibility index (Phi) is 3.69. The van der Waals surface area contributed by atoms with E-state index in [0.29, 0.717) is 5.69 Å². The number of pyridine rings is 1. The number of hydrogen-bond donors (Lipinski definition) is 1. The molecule has 0 saturated carbocycles. The number of aromatic hydroxyl groups is 1. The van der Waals surface area contributed by atoms with Gasteiger partial charge in [0.05, 0.1) is 11.3 Å². The summed E-state index contributed by atoms with van der Waals surface area (Å²) in [6.07, 6.45) is -1.55. The highest BCUT2D eigenvalue weighted by atomic mass is 19.4. The first-order valence-corrected chi connectivity index (χ1v) is 8.00. The van der Waals surface area contributed by atoms with Crippen molar-refractivity contribution in [3.05, 3.63) is 54.0 Å². The summed E-state index contributed by atoms with van der Waals surface area (Å²) >= 11 is 0. The van der Waals surface area contributed by atoms with Gasteiger partial charge in [-0.1, -0.05) is 0 Å². The summed E-state index contributed by atoms with van der Waals surface area (Å²) in [4.78, 5) is 4.30. The Morgan fingerprint density at radius 1 is 1.15 bits per heavy atom. The number of aromatic nitrogens is 5. The van der Waals surface area contributed by atoms with Crippen LogP contribution >= 0.6 is 0 Å². The Labute approximate surface area is 151 Å². The fourth-order valence-corrected chi connectivity index (χ4v) is 3.10. The number of aryl methyl sites for hydroxylation is 2. The van der Waals surface area contributed by atoms with Gasteiger partial charge in [0.2, 0.25) is 0 Å². The monoisotopic (exact) mass is 373 g/mol. The van der Waals surface area contributed by atoms with Crippen molar-refractivity contribution in [2.75, 3.05) is 0 Å². The van der Waals surface area contributed by atoms with Crippen LogP contribution in [0.5, 0.6) is 5.75 Å². The zero-order chi connectivity index (χ0) is 19.3. The third kappa shape index (κ3) is 2.80. The minimum atomic E-state index is -4.60. The molecule has 9 heteroatoms. The highest BCUT2D eigenvalue weighted by Gasteiger charge is 2.35. The molecule has 0 aliphatic heterocycles. The maximum Gasteiger partial charge on any atom is 0.417 e. The third-order valence-electron chi connectivity index (χ3n) is 4.23. The van der Waals surface area contributed by atoms with E-state index in [0.717, 1.165) is 6.07 Å². The molecule has 0 atom stereocenters. The molecule has 6 nitrogen and oxygen atoms in total. The Morgan fingerprint density at radius 2 is 1.93 bits per heavy atom. The fraction of sp³-hybridized carbons (Fsp3) is 0.167. The zero-order valence-corrected chi connectivity index (χ0v) is 14.4. The number of fused-ring (bicyclic) bond motifs is 1. The van der Waals surface area contributed by atoms with Crippen molar-refractivity contribution in [1.82, 2.24) is 24.5 Å². The van der Waals surface area contributed by atoms with Crippen molar-refractivity contribution in [2.24, 2.45) is 7.05 Å². The number of halogens is 3. The highest BCUT2D eigenvalue weighted by Crippen LogP contribution is 2.40. The van der Waals surface area contributed by atoms with Gasteiger partial charge >= 0.3 is 6.18 Å². The van der Waals surface area contributed by atoms with E-state index in [-0.39, 0.29) is 33.7 Å². The van der Waals surface area contributed by atoms with Crippen LogP contribution in [-0.4, -0.2) is 29.7 Å². The molecule has 3 heterocycles. The predicted molar refractivity (Wildman–Crippen MR) is 92.5 cm³/mol. The van der Waals surface area contributed by atoms with Gasteiger partial charge in [-0.3, -0.25) is 4.68 Å². The molecule has 0 spiro atoms. The lowest BCUT2D eigenvalue weighted by atomic mass is 10.0. The van der Waals surface area contributed by atoms with Crippen molar-refractivity contribution in [1.29, 1.82) is 0 Å². The first kappa shape index (κ1) is 17.1. The van der Waals surface area contributed by atoms with E-state index < -0.39 is 11.7 Å². The summed E-state index contributed by atoms with van der Waals surface area (Å²) in [5.74, 6) is -0.0829. The molecular weight excluding hydrogens is 359 g/mol. The van der Waals surface area contributed by atoms with Crippen LogP contribution in [0, 0.1) is 6.92 Å². The molecule has 0 amide bonds. The van der Waals surface area contributed by atoms with Crippen LogP contribution in [0.1, 0.15) is 11.3 Å². The van der Waals surface area contributed by atoms with Gasteiger partial charge in [0.1, 0.15) is 22.5 Å². The van der Waals surface area contributed by atoms with Crippen LogP contribution in [0.3, 0.4) is 0 Å². The molecule has 0 radical (unpaired) electrons. The normalized spacial score (nSPS) is 12.0. The van der Waals surface area contributed by atoms with Crippen LogP contribution in [0.2, 0.25) is 0 Å². The van der Waals surface area contributed by atoms with Crippen LogP contribution in [0.4, 0.5) is 13.2 Å². The molecule has 4 rings (SSSR count). The number of nitrogens with zero attached hydrogens (tertiary/aromatic N) is 5. The Hall–Kier alpha value is -3.36. The first-order chi connectivity index (χ1) is 12.8. The van der Waals surface area contributed by atoms with Crippen molar-refractivity contribution in [3.8, 4) is 22.7 Å². The maximum absolute atomic E-state index is 13.8. The smallest absolute Gasteiger partial charge is 0.417 e. The lowest BCUT2D eigenvalue weighted by Crippen LogP contribution is -2.09. The maximum atomic E-state index is 13.8. The van der Waals surface area contributed by atoms with E-state index in [9.17, 15) is 18.3 Å². The topological polar surface area (TPSA) is 68.8 Å². The average molecular weight is 373 g/mol. The van der Waals surface area contributed by atoms with Crippen LogP contribution in [-0.2, 0) is 13.2 Å². The largest absolute Gasteiger partial charge is 0.506 e. The number of alkyl halides is 3. The molecule has 138 valence electrons. The molecule has 0 aliphatic carbocycles. The number of rotatable bonds is 2. The van der Waals surface area contributed by atoms with Crippen LogP contribution in [0.25, 0.3) is 28.0 Å². The van der Waals surface area contributed by atoms with Gasteiger partial charge in [0.25, 0.3) is 0 Å². The minimum absolute atomic E-state index is 0.0610. The third-order valence-corrected chi connectivity index (χ3v) is 4.23. The van der Waals surface area contributed by atoms with E-state index in [2.05, 4.69) is 15.2 Å². The van der Waals surface area contributed by atoms with Gasteiger partial charge in [-0.05, 0) is 31.2 Å². The average Bonchev–Trinajstić information content (AvgIpc) is 3.22. The first-order valence-electron chi connectivity index (χ1n) is 8.00. The van der Waals surface area contributed by atoms with E-state index in [1.54, 1.807) is 26.2 Å². The predicted octanol–water partition coefficient (Wildman–Crippen LogP) is 3.85. The van der Waals surface area contributed by atoms with Crippen molar-refractivity contribution < 1.29 is 18.3 Å². The molecule has 0 fully saturated rings. The second-order valence-corrected chi connectivity index (χ2v) is 6.13. The molecule has 4 aromatic rings. The van der Waals surface area contributed by atoms with Gasteiger partial charge in [0, 0.05) is 36.8 Å². The fourth-order valence-electron chi connectivity index (χ4n) is 3.10. The lowest BCUT2D eigenvalue weighted by molar-refractivity contribution is -0.137. The molecule has 1 aromatic carbocycles. The molecule has 0 bridgehead atoms. The summed E-state index contributed by atoms with van der Waals surface area (Å²) in [5.41, 5.74) is 0.358. The summed E-state index contributed by atoms with van der Waals surface area (Å²) < 4.78 is 44.0. The van der Waals surface area contributed by atoms with Crippen LogP contribution < -0.4 is 0 Å². The second-order valence-electron chi connectivity index (χ2n) is 6.13. The quantitative estimate of drug-likeness (QED) is 0.579. The summed E-state index contributed by atoms with van der Waals surface area (Å²) in [7, 11) is 1.55. The number of hydrogen-bond acceptors (Lipinski definition) is 4. The molecule has 0 unspecified atom stereocenters. The van der Waals surface area contributed by atoms with Gasteiger partial charge in [-0.2, -0.15) is 23.4 Å². The molecule has 0 aliphatic rings. The van der Waals surface area contributed by atoms with E-state index in [4.69, 9.17) is 0 Å². The van der Waals surface area contributed by atoms with Crippen molar-refractivity contribution in [3.63, 3.8) is 0 Å². The highest BCUT2D eigenvalue weighted by molar-refractivity contribution is 5.94. The molecular formula is C18H14F3N5O. The van der Waals surface area contributed by atoms with E-state index in [1.807, 2.05) is 0 Å². The summed E-state index contributed by atoms with van der Waals surface area (Å²) in [5, 5.41) is 18.3. The lowest BCUT2D eigenvalue weighted by Gasteiger charge is -2.13.